The van der Waals surface area contributed by atoms with E-state index in [2.05, 4.69) is 5.32 Å². The number of halogens is 2. The molecule has 0 aromatic rings. The predicted octanol–water partition coefficient (Wildman–Crippen LogP) is 1.60. The molecule has 0 aliphatic carbocycles. The highest BCUT2D eigenvalue weighted by molar-refractivity contribution is 6.31. The van der Waals surface area contributed by atoms with Crippen LogP contribution < -0.4 is 5.32 Å². The first-order valence-electron chi connectivity index (χ1n) is 2.42. The van der Waals surface area contributed by atoms with Crippen molar-refractivity contribution in [2.24, 2.45) is 0 Å². The van der Waals surface area contributed by atoms with Crippen molar-refractivity contribution in [1.82, 2.24) is 10.2 Å². The maximum Gasteiger partial charge on any atom is 0.124 e. The van der Waals surface area contributed by atoms with Gasteiger partial charge >= 0.3 is 0 Å². The summed E-state index contributed by atoms with van der Waals surface area (Å²) in [6, 6.07) is 0. The van der Waals surface area contributed by atoms with Crippen molar-refractivity contribution < 1.29 is 0 Å². The Kier molecular flexibility index (Phi) is 1.88. The fourth-order valence-electron chi connectivity index (χ4n) is 0.499. The summed E-state index contributed by atoms with van der Waals surface area (Å²) in [5.74, 6) is 0. The summed E-state index contributed by atoms with van der Waals surface area (Å²) < 4.78 is 0. The van der Waals surface area contributed by atoms with Crippen molar-refractivity contribution in [3.63, 3.8) is 0 Å². The number of hydrogen-bond acceptors (Lipinski definition) is 2. The van der Waals surface area contributed by atoms with E-state index >= 15 is 0 Å². The molecule has 1 aliphatic rings. The zero-order valence-electron chi connectivity index (χ0n) is 4.86. The molecule has 4 heteroatoms. The third kappa shape index (κ3) is 1.53. The van der Waals surface area contributed by atoms with E-state index in [1.54, 1.807) is 17.3 Å². The molecule has 1 rings (SSSR count). The van der Waals surface area contributed by atoms with E-state index in [1.807, 2.05) is 7.05 Å². The minimum atomic E-state index is 0.571. The first-order valence-corrected chi connectivity index (χ1v) is 3.18. The molecule has 1 aliphatic heterocycles. The third-order valence-electron chi connectivity index (χ3n) is 0.973. The Hall–Kier alpha value is -0.340. The molecule has 0 bridgehead atoms. The summed E-state index contributed by atoms with van der Waals surface area (Å²) in [5, 5.41) is 3.95. The van der Waals surface area contributed by atoms with Crippen molar-refractivity contribution in [3.8, 4) is 0 Å². The van der Waals surface area contributed by atoms with Gasteiger partial charge in [-0.1, -0.05) is 23.2 Å². The average molecular weight is 165 g/mol. The van der Waals surface area contributed by atoms with Crippen LogP contribution in [0.5, 0.6) is 0 Å². The molecule has 9 heavy (non-hydrogen) atoms. The van der Waals surface area contributed by atoms with Gasteiger partial charge in [-0.3, -0.25) is 0 Å². The molecule has 0 fully saturated rings. The summed E-state index contributed by atoms with van der Waals surface area (Å²) in [6.45, 7) is 0. The molecule has 0 unspecified atom stereocenters. The summed E-state index contributed by atoms with van der Waals surface area (Å²) in [6.07, 6.45) is 3.33. The summed E-state index contributed by atoms with van der Waals surface area (Å²) >= 11 is 11.2. The smallest absolute Gasteiger partial charge is 0.124 e. The van der Waals surface area contributed by atoms with Crippen molar-refractivity contribution in [3.05, 3.63) is 22.7 Å². The second-order valence-corrected chi connectivity index (χ2v) is 2.49. The standard InChI is InChI=1S/C5H6Cl2N2/c1-9-3-4(6)8-2-5(9)7/h2-3,8H,1H3. The largest absolute Gasteiger partial charge is 0.348 e. The van der Waals surface area contributed by atoms with Crippen molar-refractivity contribution >= 4 is 23.2 Å². The van der Waals surface area contributed by atoms with Gasteiger partial charge in [0.15, 0.2) is 0 Å². The molecular formula is C5H6Cl2N2. The van der Waals surface area contributed by atoms with Crippen LogP contribution in [0.2, 0.25) is 0 Å². The van der Waals surface area contributed by atoms with Gasteiger partial charge in [-0.25, -0.2) is 0 Å². The van der Waals surface area contributed by atoms with Crippen LogP contribution in [0.3, 0.4) is 0 Å². The maximum atomic E-state index is 5.65. The molecule has 0 spiro atoms. The van der Waals surface area contributed by atoms with E-state index in [9.17, 15) is 0 Å². The molecule has 0 atom stereocenters. The molecule has 0 aromatic heterocycles. The van der Waals surface area contributed by atoms with E-state index in [4.69, 9.17) is 23.2 Å². The highest BCUT2D eigenvalue weighted by Crippen LogP contribution is 2.13. The molecular weight excluding hydrogens is 159 g/mol. The number of nitrogens with zero attached hydrogens (tertiary/aromatic N) is 1. The fourth-order valence-corrected chi connectivity index (χ4v) is 0.804. The van der Waals surface area contributed by atoms with Crippen LogP contribution in [0.4, 0.5) is 0 Å². The third-order valence-corrected chi connectivity index (χ3v) is 1.56. The normalized spacial score (nSPS) is 18.3. The van der Waals surface area contributed by atoms with Gasteiger partial charge in [0, 0.05) is 19.4 Å². The van der Waals surface area contributed by atoms with Crippen LogP contribution in [0.15, 0.2) is 22.7 Å². The fraction of sp³-hybridized carbons (Fsp3) is 0.200. The molecule has 50 valence electrons. The molecule has 1 N–H and O–H groups in total. The van der Waals surface area contributed by atoms with Gasteiger partial charge < -0.3 is 10.2 Å². The molecule has 0 saturated carbocycles. The number of hydrogen-bond donors (Lipinski definition) is 1. The summed E-state index contributed by atoms with van der Waals surface area (Å²) in [7, 11) is 1.82. The first-order chi connectivity index (χ1) is 4.20. The lowest BCUT2D eigenvalue weighted by Gasteiger charge is -2.17. The Morgan fingerprint density at radius 1 is 1.56 bits per heavy atom. The van der Waals surface area contributed by atoms with E-state index in [0.717, 1.165) is 0 Å². The van der Waals surface area contributed by atoms with Gasteiger partial charge in [-0.05, 0) is 0 Å². The first kappa shape index (κ1) is 6.78. The minimum Gasteiger partial charge on any atom is -0.348 e. The lowest BCUT2D eigenvalue weighted by atomic mass is 10.6. The van der Waals surface area contributed by atoms with Crippen molar-refractivity contribution in [2.45, 2.75) is 0 Å². The summed E-state index contributed by atoms with van der Waals surface area (Å²) in [5.41, 5.74) is 0. The Labute approximate surface area is 63.7 Å². The quantitative estimate of drug-likeness (QED) is 0.548. The Morgan fingerprint density at radius 2 is 2.22 bits per heavy atom. The van der Waals surface area contributed by atoms with E-state index in [0.29, 0.717) is 10.3 Å². The molecule has 1 heterocycles. The second kappa shape index (κ2) is 2.50. The lowest BCUT2D eigenvalue weighted by Crippen LogP contribution is -2.17. The monoisotopic (exact) mass is 164 g/mol. The number of rotatable bonds is 0. The molecule has 0 amide bonds. The van der Waals surface area contributed by atoms with Gasteiger partial charge in [0.1, 0.15) is 10.3 Å². The van der Waals surface area contributed by atoms with Crippen LogP contribution in [-0.2, 0) is 0 Å². The van der Waals surface area contributed by atoms with Crippen molar-refractivity contribution in [1.29, 1.82) is 0 Å². The van der Waals surface area contributed by atoms with Gasteiger partial charge in [-0.2, -0.15) is 0 Å². The zero-order chi connectivity index (χ0) is 6.85. The van der Waals surface area contributed by atoms with Gasteiger partial charge in [0.2, 0.25) is 0 Å². The Morgan fingerprint density at radius 3 is 2.67 bits per heavy atom. The second-order valence-electron chi connectivity index (χ2n) is 1.70. The topological polar surface area (TPSA) is 15.3 Å². The van der Waals surface area contributed by atoms with Gasteiger partial charge in [0.05, 0.1) is 0 Å². The molecule has 0 aromatic carbocycles. The van der Waals surface area contributed by atoms with Crippen LogP contribution >= 0.6 is 23.2 Å². The SMILES string of the molecule is CN1C=C(Cl)NC=C1Cl. The zero-order valence-corrected chi connectivity index (χ0v) is 6.37. The van der Waals surface area contributed by atoms with E-state index < -0.39 is 0 Å². The summed E-state index contributed by atoms with van der Waals surface area (Å²) in [4.78, 5) is 1.72. The highest BCUT2D eigenvalue weighted by Gasteiger charge is 2.03. The van der Waals surface area contributed by atoms with Crippen LogP contribution in [0, 0.1) is 0 Å². The molecule has 0 radical (unpaired) electrons. The maximum absolute atomic E-state index is 5.65. The van der Waals surface area contributed by atoms with E-state index in [-0.39, 0.29) is 0 Å². The average Bonchev–Trinajstić information content (AvgIpc) is 1.80. The van der Waals surface area contributed by atoms with E-state index in [1.165, 1.54) is 0 Å². The highest BCUT2D eigenvalue weighted by atomic mass is 35.5. The predicted molar refractivity (Wildman–Crippen MR) is 38.8 cm³/mol. The molecule has 0 saturated heterocycles. The molecule has 2 nitrogen and oxygen atoms in total. The van der Waals surface area contributed by atoms with Crippen LogP contribution in [-0.4, -0.2) is 11.9 Å². The Bertz CT molecular complexity index is 174. The minimum absolute atomic E-state index is 0.571. The van der Waals surface area contributed by atoms with Crippen molar-refractivity contribution in [2.75, 3.05) is 7.05 Å². The lowest BCUT2D eigenvalue weighted by molar-refractivity contribution is 0.584. The Balaban J connectivity index is 2.70. The number of nitrogens with one attached hydrogen (secondary N) is 1. The van der Waals surface area contributed by atoms with Crippen LogP contribution in [0.25, 0.3) is 0 Å². The van der Waals surface area contributed by atoms with Gasteiger partial charge in [-0.15, -0.1) is 0 Å². The van der Waals surface area contributed by atoms with Crippen LogP contribution in [0.1, 0.15) is 0 Å². The van der Waals surface area contributed by atoms with Gasteiger partial charge in [0.25, 0.3) is 0 Å².